The third-order valence-electron chi connectivity index (χ3n) is 1.74. The molecule has 1 heterocycles. The lowest BCUT2D eigenvalue weighted by molar-refractivity contribution is 0.980. The first-order chi connectivity index (χ1) is 6.77. The van der Waals surface area contributed by atoms with E-state index in [9.17, 15) is 0 Å². The molecule has 0 aliphatic carbocycles. The Bertz CT molecular complexity index is 444. The molecule has 1 aromatic heterocycles. The van der Waals surface area contributed by atoms with E-state index in [1.165, 1.54) is 6.20 Å². The monoisotopic (exact) mass is 206 g/mol. The van der Waals surface area contributed by atoms with Crippen LogP contribution in [0.3, 0.4) is 0 Å². The van der Waals surface area contributed by atoms with Gasteiger partial charge in [0, 0.05) is 22.5 Å². The molecular weight excluding hydrogens is 200 g/mol. The summed E-state index contributed by atoms with van der Waals surface area (Å²) in [5.74, 6) is 0.479. The Kier molecular flexibility index (Phi) is 2.28. The van der Waals surface area contributed by atoms with E-state index in [1.807, 2.05) is 0 Å². The van der Waals surface area contributed by atoms with Gasteiger partial charge in [0.15, 0.2) is 5.82 Å². The van der Waals surface area contributed by atoms with Crippen LogP contribution < -0.4 is 5.73 Å². The highest BCUT2D eigenvalue weighted by molar-refractivity contribution is 6.31. The molecule has 2 rings (SSSR count). The van der Waals surface area contributed by atoms with Crippen LogP contribution in [0.1, 0.15) is 0 Å². The first-order valence-corrected chi connectivity index (χ1v) is 4.34. The van der Waals surface area contributed by atoms with E-state index >= 15 is 0 Å². The normalized spacial score (nSPS) is 10.1. The van der Waals surface area contributed by atoms with Crippen LogP contribution in [0.25, 0.3) is 11.4 Å². The van der Waals surface area contributed by atoms with Crippen molar-refractivity contribution >= 4 is 17.3 Å². The van der Waals surface area contributed by atoms with Gasteiger partial charge in [-0.1, -0.05) is 11.6 Å². The summed E-state index contributed by atoms with van der Waals surface area (Å²) in [5.41, 5.74) is 7.04. The lowest BCUT2D eigenvalue weighted by atomic mass is 10.2. The number of halogens is 1. The van der Waals surface area contributed by atoms with Crippen LogP contribution in [-0.4, -0.2) is 15.2 Å². The highest BCUT2D eigenvalue weighted by atomic mass is 35.5. The summed E-state index contributed by atoms with van der Waals surface area (Å²) in [5, 5.41) is 8.17. The Morgan fingerprint density at radius 3 is 2.79 bits per heavy atom. The number of nitrogen functional groups attached to an aromatic ring is 1. The number of hydrogen-bond acceptors (Lipinski definition) is 4. The Morgan fingerprint density at radius 1 is 1.21 bits per heavy atom. The molecule has 0 spiro atoms. The maximum absolute atomic E-state index is 5.84. The fraction of sp³-hybridized carbons (Fsp3) is 0. The van der Waals surface area contributed by atoms with Gasteiger partial charge in [-0.2, -0.15) is 5.10 Å². The fourth-order valence-electron chi connectivity index (χ4n) is 1.09. The molecule has 2 N–H and O–H groups in total. The molecule has 0 radical (unpaired) electrons. The number of nitrogens with two attached hydrogens (primary N) is 1. The molecule has 5 heteroatoms. The molecular formula is C9H7ClN4. The number of hydrogen-bond donors (Lipinski definition) is 1. The number of aromatic nitrogens is 3. The molecule has 4 nitrogen and oxygen atoms in total. The Morgan fingerprint density at radius 2 is 2.07 bits per heavy atom. The lowest BCUT2D eigenvalue weighted by Gasteiger charge is -2.02. The van der Waals surface area contributed by atoms with Crippen LogP contribution in [0, 0.1) is 0 Å². The van der Waals surface area contributed by atoms with Gasteiger partial charge >= 0.3 is 0 Å². The molecule has 14 heavy (non-hydrogen) atoms. The summed E-state index contributed by atoms with van der Waals surface area (Å²) >= 11 is 5.84. The second kappa shape index (κ2) is 3.59. The van der Waals surface area contributed by atoms with Crippen molar-refractivity contribution in [3.8, 4) is 11.4 Å². The van der Waals surface area contributed by atoms with E-state index in [0.717, 1.165) is 0 Å². The van der Waals surface area contributed by atoms with Crippen molar-refractivity contribution < 1.29 is 0 Å². The second-order valence-electron chi connectivity index (χ2n) is 2.70. The molecule has 0 bridgehead atoms. The van der Waals surface area contributed by atoms with Crippen LogP contribution in [0.5, 0.6) is 0 Å². The quantitative estimate of drug-likeness (QED) is 0.723. The molecule has 0 atom stereocenters. The van der Waals surface area contributed by atoms with Gasteiger partial charge < -0.3 is 5.73 Å². The molecule has 0 saturated heterocycles. The van der Waals surface area contributed by atoms with Crippen LogP contribution in [0.15, 0.2) is 30.6 Å². The van der Waals surface area contributed by atoms with E-state index in [0.29, 0.717) is 22.1 Å². The molecule has 1 aromatic carbocycles. The van der Waals surface area contributed by atoms with Crippen molar-refractivity contribution in [1.29, 1.82) is 0 Å². The Hall–Kier alpha value is -1.68. The molecule has 2 aromatic rings. The molecule has 0 aliphatic heterocycles. The van der Waals surface area contributed by atoms with Gasteiger partial charge in [0.2, 0.25) is 0 Å². The average Bonchev–Trinajstić information content (AvgIpc) is 2.23. The fourth-order valence-corrected chi connectivity index (χ4v) is 1.27. The van der Waals surface area contributed by atoms with Crippen LogP contribution in [0.4, 0.5) is 5.69 Å². The first kappa shape index (κ1) is 8.90. The van der Waals surface area contributed by atoms with Crippen LogP contribution in [0.2, 0.25) is 5.02 Å². The molecule has 0 fully saturated rings. The van der Waals surface area contributed by atoms with Gasteiger partial charge in [-0.15, -0.1) is 5.10 Å². The van der Waals surface area contributed by atoms with Crippen molar-refractivity contribution in [3.05, 3.63) is 35.6 Å². The summed E-state index contributed by atoms with van der Waals surface area (Å²) in [4.78, 5) is 4.04. The summed E-state index contributed by atoms with van der Waals surface area (Å²) in [7, 11) is 0. The third kappa shape index (κ3) is 1.65. The van der Waals surface area contributed by atoms with Gasteiger partial charge in [0.05, 0.1) is 6.20 Å². The van der Waals surface area contributed by atoms with Gasteiger partial charge in [-0.05, 0) is 18.2 Å². The summed E-state index contributed by atoms with van der Waals surface area (Å²) in [6.45, 7) is 0. The van der Waals surface area contributed by atoms with Crippen molar-refractivity contribution in [2.45, 2.75) is 0 Å². The van der Waals surface area contributed by atoms with Crippen molar-refractivity contribution in [3.63, 3.8) is 0 Å². The number of rotatable bonds is 1. The highest BCUT2D eigenvalue weighted by Crippen LogP contribution is 2.25. The van der Waals surface area contributed by atoms with E-state index < -0.39 is 0 Å². The minimum atomic E-state index is 0.479. The van der Waals surface area contributed by atoms with E-state index in [1.54, 1.807) is 24.4 Å². The summed E-state index contributed by atoms with van der Waals surface area (Å²) in [6, 6.07) is 5.15. The summed E-state index contributed by atoms with van der Waals surface area (Å²) < 4.78 is 0. The molecule has 70 valence electrons. The predicted octanol–water partition coefficient (Wildman–Crippen LogP) is 1.77. The number of anilines is 1. The zero-order valence-electron chi connectivity index (χ0n) is 7.18. The highest BCUT2D eigenvalue weighted by Gasteiger charge is 2.05. The van der Waals surface area contributed by atoms with Gasteiger partial charge in [0.25, 0.3) is 0 Å². The zero-order chi connectivity index (χ0) is 9.97. The first-order valence-electron chi connectivity index (χ1n) is 3.96. The van der Waals surface area contributed by atoms with Gasteiger partial charge in [-0.3, -0.25) is 0 Å². The second-order valence-corrected chi connectivity index (χ2v) is 3.13. The molecule has 0 aliphatic rings. The van der Waals surface area contributed by atoms with Crippen LogP contribution >= 0.6 is 11.6 Å². The summed E-state index contributed by atoms with van der Waals surface area (Å²) in [6.07, 6.45) is 3.06. The van der Waals surface area contributed by atoms with Gasteiger partial charge in [0.1, 0.15) is 0 Å². The SMILES string of the molecule is Nc1ccc(Cl)cc1-c1nccnn1. The van der Waals surface area contributed by atoms with Crippen LogP contribution in [-0.2, 0) is 0 Å². The van der Waals surface area contributed by atoms with E-state index in [4.69, 9.17) is 17.3 Å². The smallest absolute Gasteiger partial charge is 0.183 e. The predicted molar refractivity (Wildman–Crippen MR) is 54.7 cm³/mol. The van der Waals surface area contributed by atoms with E-state index in [-0.39, 0.29) is 0 Å². The van der Waals surface area contributed by atoms with Crippen molar-refractivity contribution in [1.82, 2.24) is 15.2 Å². The molecule has 0 amide bonds. The zero-order valence-corrected chi connectivity index (χ0v) is 7.94. The Labute approximate surface area is 85.8 Å². The van der Waals surface area contributed by atoms with Crippen molar-refractivity contribution in [2.75, 3.05) is 5.73 Å². The maximum Gasteiger partial charge on any atom is 0.183 e. The van der Waals surface area contributed by atoms with Crippen molar-refractivity contribution in [2.24, 2.45) is 0 Å². The molecule has 0 unspecified atom stereocenters. The number of benzene rings is 1. The van der Waals surface area contributed by atoms with Gasteiger partial charge in [-0.25, -0.2) is 4.98 Å². The topological polar surface area (TPSA) is 64.7 Å². The standard InChI is InChI=1S/C9H7ClN4/c10-6-1-2-8(11)7(5-6)9-12-3-4-13-14-9/h1-5H,11H2. The average molecular weight is 207 g/mol. The Balaban J connectivity index is 2.57. The van der Waals surface area contributed by atoms with E-state index in [2.05, 4.69) is 15.2 Å². The third-order valence-corrected chi connectivity index (χ3v) is 1.97. The lowest BCUT2D eigenvalue weighted by Crippen LogP contribution is -1.95. The minimum Gasteiger partial charge on any atom is -0.398 e. The minimum absolute atomic E-state index is 0.479. The molecule has 0 saturated carbocycles. The largest absolute Gasteiger partial charge is 0.398 e. The maximum atomic E-state index is 5.84. The number of nitrogens with zero attached hydrogens (tertiary/aromatic N) is 3.